The van der Waals surface area contributed by atoms with Gasteiger partial charge in [0.15, 0.2) is 34.5 Å². The van der Waals surface area contributed by atoms with Gasteiger partial charge in [0.05, 0.1) is 56.5 Å². The zero-order chi connectivity index (χ0) is 69.9. The number of carbonyl (C=O) groups excluding carboxylic acids is 1. The molecule has 98 heavy (non-hydrogen) atoms. The monoisotopic (exact) mass is 1390 g/mol. The van der Waals surface area contributed by atoms with Gasteiger partial charge in [0, 0.05) is 68.5 Å². The van der Waals surface area contributed by atoms with Gasteiger partial charge in [-0.3, -0.25) is 32.9 Å². The van der Waals surface area contributed by atoms with E-state index in [0.717, 1.165) is 33.4 Å². The molecule has 0 radical (unpaired) electrons. The highest BCUT2D eigenvalue weighted by atomic mass is 35.5. The van der Waals surface area contributed by atoms with Crippen LogP contribution in [0.4, 0.5) is 0 Å². The van der Waals surface area contributed by atoms with Crippen LogP contribution in [0.25, 0.3) is 67.0 Å². The molecule has 0 aliphatic carbocycles. The third-order valence-corrected chi connectivity index (χ3v) is 16.7. The molecule has 0 aliphatic heterocycles. The van der Waals surface area contributed by atoms with Crippen molar-refractivity contribution in [3.05, 3.63) is 229 Å². The largest absolute Gasteiger partial charge is 0.493 e. The van der Waals surface area contributed by atoms with Crippen LogP contribution in [0.5, 0.6) is 34.5 Å². The van der Waals surface area contributed by atoms with Gasteiger partial charge in [-0.1, -0.05) is 98.9 Å². The number of hydrogen-bond donors (Lipinski definition) is 2. The number of hydrogen-bond acceptors (Lipinski definition) is 16. The van der Waals surface area contributed by atoms with Gasteiger partial charge in [-0.05, 0) is 134 Å². The number of halogens is 3. The second-order valence-corrected chi connectivity index (χ2v) is 24.6. The van der Waals surface area contributed by atoms with Gasteiger partial charge in [-0.2, -0.15) is 15.3 Å². The van der Waals surface area contributed by atoms with E-state index in [1.165, 1.54) is 54.0 Å². The van der Waals surface area contributed by atoms with Crippen LogP contribution in [0, 0.1) is 11.8 Å². The van der Waals surface area contributed by atoms with E-state index in [1.54, 1.807) is 155 Å². The molecule has 12 aromatic rings. The van der Waals surface area contributed by atoms with Crippen molar-refractivity contribution in [2.75, 3.05) is 41.2 Å². The molecule has 0 spiro atoms. The Kier molecular flexibility index (Phi) is 22.8. The number of benzene rings is 6. The fraction of sp³-hybridized carbons (Fsp3) is 0.247. The first kappa shape index (κ1) is 70.4. The number of aliphatic hydroxyl groups excluding tert-OH is 2. The van der Waals surface area contributed by atoms with Crippen molar-refractivity contribution < 1.29 is 48.2 Å². The minimum absolute atomic E-state index is 0.140. The zero-order valence-electron chi connectivity index (χ0n) is 55.1. The third kappa shape index (κ3) is 16.5. The number of carbonyl (C=O) groups is 1. The van der Waals surface area contributed by atoms with E-state index in [9.17, 15) is 29.4 Å². The van der Waals surface area contributed by atoms with Gasteiger partial charge >= 0.3 is 5.97 Å². The number of aliphatic hydroxyl groups is 2. The molecule has 22 nitrogen and oxygen atoms in total. The maximum atomic E-state index is 13.3. The van der Waals surface area contributed by atoms with E-state index in [-0.39, 0.29) is 54.3 Å². The summed E-state index contributed by atoms with van der Waals surface area (Å²) in [5, 5.41) is 34.2. The molecule has 25 heteroatoms. The van der Waals surface area contributed by atoms with E-state index in [4.69, 9.17) is 68.0 Å². The number of methoxy groups -OCH3 is 3. The van der Waals surface area contributed by atoms with Crippen LogP contribution in [0.2, 0.25) is 15.1 Å². The summed E-state index contributed by atoms with van der Waals surface area (Å²) in [6.07, 6.45) is 8.82. The van der Waals surface area contributed by atoms with Crippen LogP contribution in [0.3, 0.4) is 0 Å². The fourth-order valence-corrected chi connectivity index (χ4v) is 10.4. The number of rotatable bonds is 22. The lowest BCUT2D eigenvalue weighted by molar-refractivity contribution is -0.155. The van der Waals surface area contributed by atoms with E-state index < -0.39 is 18.3 Å². The van der Waals surface area contributed by atoms with Crippen LogP contribution in [-0.2, 0) is 9.53 Å². The molecule has 6 heterocycles. The Morgan fingerprint density at radius 1 is 0.439 bits per heavy atom. The van der Waals surface area contributed by atoms with Gasteiger partial charge in [0.25, 0.3) is 16.7 Å². The smallest absolute Gasteiger partial charge is 0.309 e. The minimum Gasteiger partial charge on any atom is -0.493 e. The number of aromatic nitrogens is 9. The van der Waals surface area contributed by atoms with Gasteiger partial charge in [-0.25, -0.2) is 13.5 Å². The topological polar surface area (TPSA) is 240 Å². The molecule has 4 atom stereocenters. The maximum Gasteiger partial charge on any atom is 0.309 e. The lowest BCUT2D eigenvalue weighted by Crippen LogP contribution is -2.27. The van der Waals surface area contributed by atoms with Crippen LogP contribution in [-0.4, -0.2) is 118 Å². The summed E-state index contributed by atoms with van der Waals surface area (Å²) in [5.41, 5.74) is 7.82. The Bertz CT molecular complexity index is 4950. The first-order valence-corrected chi connectivity index (χ1v) is 32.4. The number of ether oxygens (including phenoxy) is 7. The molecule has 0 saturated heterocycles. The fourth-order valence-electron chi connectivity index (χ4n) is 10.0. The van der Waals surface area contributed by atoms with Crippen LogP contribution >= 0.6 is 34.8 Å². The zero-order valence-corrected chi connectivity index (χ0v) is 57.3. The Hall–Kier alpha value is -10.4. The lowest BCUT2D eigenvalue weighted by Gasteiger charge is -2.20. The summed E-state index contributed by atoms with van der Waals surface area (Å²) in [5.74, 6) is 2.56. The van der Waals surface area contributed by atoms with Crippen molar-refractivity contribution in [3.8, 4) is 84.9 Å². The standard InChI is InChI=1S/C28H30ClN3O5.C23H22ClN3O4.C22H20ClN3O4/c1-17(2)19(4)28(34)37-18(3)15-36-25-11-10-23(13-26(25)35-5)31-16-30-32-14-21(12-24(32)27(31)33)20-6-8-22(29)9-7-20;1-3-19(28)13-31-21-9-8-18(11-22(21)30-2)26-14-25-27-12-16(10-20(27)23(26)29)15-4-6-17(24)7-5-15;1-14(27)12-30-20-8-7-18(10-21(20)29-2)25-13-24-26-11-16(9-19(26)22(25)28)15-3-5-17(23)6-4-15/h6-14,16-19H,15H2,1-5H3;4-12,14,19,28H,3,13H2,1-2H3;3-11,13-14,27H,12H2,1-2H3/t18-,19+;;/m1../s1. The van der Waals surface area contributed by atoms with Gasteiger partial charge < -0.3 is 43.4 Å². The van der Waals surface area contributed by atoms with E-state index >= 15 is 0 Å². The van der Waals surface area contributed by atoms with Crippen molar-refractivity contribution in [3.63, 3.8) is 0 Å². The summed E-state index contributed by atoms with van der Waals surface area (Å²) < 4.78 is 47.9. The minimum atomic E-state index is -0.604. The molecule has 2 N–H and O–H groups in total. The predicted molar refractivity (Wildman–Crippen MR) is 377 cm³/mol. The highest BCUT2D eigenvalue weighted by Crippen LogP contribution is 2.34. The molecule has 6 aromatic carbocycles. The van der Waals surface area contributed by atoms with Crippen LogP contribution < -0.4 is 45.1 Å². The quantitative estimate of drug-likeness (QED) is 0.0600. The molecular weight excluding hydrogens is 1320 g/mol. The Morgan fingerprint density at radius 3 is 1.07 bits per heavy atom. The molecule has 0 aliphatic rings. The van der Waals surface area contributed by atoms with Crippen molar-refractivity contribution in [2.24, 2.45) is 11.8 Å². The maximum absolute atomic E-state index is 13.3. The summed E-state index contributed by atoms with van der Waals surface area (Å²) in [4.78, 5) is 51.7. The Labute approximate surface area is 578 Å². The third-order valence-electron chi connectivity index (χ3n) is 15.9. The predicted octanol–water partition coefficient (Wildman–Crippen LogP) is 13.0. The molecular formula is C73H72Cl3N9O13. The van der Waals surface area contributed by atoms with Crippen molar-refractivity contribution >= 4 is 57.3 Å². The second-order valence-electron chi connectivity index (χ2n) is 23.2. The molecule has 0 bridgehead atoms. The number of nitrogens with zero attached hydrogens (tertiary/aromatic N) is 9. The number of esters is 1. The highest BCUT2D eigenvalue weighted by molar-refractivity contribution is 6.31. The molecule has 12 rings (SSSR count). The number of fused-ring (bicyclic) bond motifs is 3. The van der Waals surface area contributed by atoms with Crippen molar-refractivity contribution in [1.82, 2.24) is 42.5 Å². The van der Waals surface area contributed by atoms with Gasteiger partial charge in [0.1, 0.15) is 61.5 Å². The molecule has 2 unspecified atom stereocenters. The Morgan fingerprint density at radius 2 is 0.765 bits per heavy atom. The summed E-state index contributed by atoms with van der Waals surface area (Å²) in [7, 11) is 4.57. The average Bonchev–Trinajstić information content (AvgIpc) is 1.60. The second kappa shape index (κ2) is 31.7. The molecule has 0 amide bonds. The average molecular weight is 1390 g/mol. The van der Waals surface area contributed by atoms with Crippen LogP contribution in [0.1, 0.15) is 48.0 Å². The van der Waals surface area contributed by atoms with Crippen molar-refractivity contribution in [2.45, 2.75) is 66.3 Å². The van der Waals surface area contributed by atoms with Crippen LogP contribution in [0.15, 0.2) is 198 Å². The highest BCUT2D eigenvalue weighted by Gasteiger charge is 2.22. The lowest BCUT2D eigenvalue weighted by atomic mass is 9.98. The normalized spacial score (nSPS) is 12.4. The molecule has 508 valence electrons. The molecule has 0 fully saturated rings. The van der Waals surface area contributed by atoms with E-state index in [0.29, 0.717) is 89.6 Å². The van der Waals surface area contributed by atoms with Gasteiger partial charge in [-0.15, -0.1) is 0 Å². The van der Waals surface area contributed by atoms with Crippen molar-refractivity contribution in [1.29, 1.82) is 0 Å². The molecule has 6 aromatic heterocycles. The first-order chi connectivity index (χ1) is 47.1. The van der Waals surface area contributed by atoms with E-state index in [2.05, 4.69) is 15.3 Å². The summed E-state index contributed by atoms with van der Waals surface area (Å²) in [6, 6.07) is 43.1. The summed E-state index contributed by atoms with van der Waals surface area (Å²) >= 11 is 17.9. The SMILES string of the molecule is CCC(O)COc1ccc(-n2cnn3cc(-c4ccc(Cl)cc4)cc3c2=O)cc1OC.COc1cc(-n2cnn3cc(-c4ccc(Cl)cc4)cc3c2=O)ccc1OCC(C)O.COc1cc(-n2cnn3cc(-c4ccc(Cl)cc4)cc3c2=O)ccc1OC[C@@H](C)OC(=O)[C@@H](C)C(C)C. The summed E-state index contributed by atoms with van der Waals surface area (Å²) in [6.45, 7) is 11.6. The Balaban J connectivity index is 0.000000160. The first-order valence-electron chi connectivity index (χ1n) is 31.2. The van der Waals surface area contributed by atoms with Gasteiger partial charge in [0.2, 0.25) is 0 Å². The van der Waals surface area contributed by atoms with E-state index in [1.807, 2.05) is 64.1 Å². The molecule has 0 saturated carbocycles.